The second-order valence-electron chi connectivity index (χ2n) is 17.8. The van der Waals surface area contributed by atoms with Gasteiger partial charge in [-0.1, -0.05) is 44.5 Å². The molecule has 57 heavy (non-hydrogen) atoms. The molecule has 13 heteroatoms. The molecule has 0 bridgehead atoms. The van der Waals surface area contributed by atoms with E-state index in [1.54, 1.807) is 24.3 Å². The van der Waals surface area contributed by atoms with Crippen molar-refractivity contribution in [3.63, 3.8) is 0 Å². The van der Waals surface area contributed by atoms with Gasteiger partial charge in [-0.3, -0.25) is 19.2 Å². The van der Waals surface area contributed by atoms with Gasteiger partial charge in [-0.2, -0.15) is 0 Å². The molecule has 304 valence electrons. The molecular weight excluding hydrogens is 748 g/mol. The number of nitrogens with zero attached hydrogens (tertiary/aromatic N) is 3. The summed E-state index contributed by atoms with van der Waals surface area (Å²) in [5.74, 6) is -0.606. The van der Waals surface area contributed by atoms with E-state index in [0.717, 1.165) is 12.8 Å². The summed E-state index contributed by atoms with van der Waals surface area (Å²) in [7, 11) is 1.52. The highest BCUT2D eigenvalue weighted by Crippen LogP contribution is 2.57. The van der Waals surface area contributed by atoms with Crippen molar-refractivity contribution in [3.05, 3.63) is 54.1 Å². The minimum atomic E-state index is -1.26. The van der Waals surface area contributed by atoms with Gasteiger partial charge in [0.25, 0.3) is 0 Å². The van der Waals surface area contributed by atoms with E-state index in [1.807, 2.05) is 52.8 Å². The molecule has 0 spiro atoms. The average Bonchev–Trinajstić information content (AvgIpc) is 3.96. The van der Waals surface area contributed by atoms with E-state index >= 15 is 0 Å². The maximum absolute atomic E-state index is 14.8. The SMILES string of the molecule is C=C[C@@H]1C[C@]1(CC(=O)[C@@H]1C[C@@H](Oc2cc(-c3cccc(NC(C)C)n3)nc3c(Cl)c(OC)ccc23)CN1C(=O)[C@@H](CC(=O)OC1C[C@@H]2C[C@@H]2C1)C(C)(C)C)C(=O)O. The number of likely N-dealkylation sites (tertiary alicyclic amines) is 1. The van der Waals surface area contributed by atoms with E-state index in [-0.39, 0.29) is 60.6 Å². The van der Waals surface area contributed by atoms with Crippen LogP contribution >= 0.6 is 11.6 Å². The van der Waals surface area contributed by atoms with Crippen LogP contribution in [0.3, 0.4) is 0 Å². The van der Waals surface area contributed by atoms with Crippen LogP contribution in [0.4, 0.5) is 5.82 Å². The van der Waals surface area contributed by atoms with E-state index < -0.39 is 40.8 Å². The number of halogens is 1. The van der Waals surface area contributed by atoms with Crippen LogP contribution in [0.1, 0.15) is 79.6 Å². The highest BCUT2D eigenvalue weighted by atomic mass is 35.5. The molecule has 1 unspecified atom stereocenters. The number of ether oxygens (including phenoxy) is 3. The van der Waals surface area contributed by atoms with Gasteiger partial charge < -0.3 is 29.5 Å². The summed E-state index contributed by atoms with van der Waals surface area (Å²) >= 11 is 6.85. The summed E-state index contributed by atoms with van der Waals surface area (Å²) in [6, 6.07) is 10.0. The van der Waals surface area contributed by atoms with Crippen LogP contribution in [0.5, 0.6) is 11.5 Å². The minimum Gasteiger partial charge on any atom is -0.495 e. The van der Waals surface area contributed by atoms with Gasteiger partial charge in [0.2, 0.25) is 5.91 Å². The highest BCUT2D eigenvalue weighted by molar-refractivity contribution is 6.36. The number of aromatic nitrogens is 2. The molecule has 4 aliphatic rings. The van der Waals surface area contributed by atoms with Crippen LogP contribution in [0, 0.1) is 34.5 Å². The number of nitrogens with one attached hydrogen (secondary N) is 1. The van der Waals surface area contributed by atoms with Crippen molar-refractivity contribution < 1.29 is 38.5 Å². The fourth-order valence-electron chi connectivity index (χ4n) is 8.88. The molecule has 3 aromatic rings. The fourth-order valence-corrected chi connectivity index (χ4v) is 9.16. The Morgan fingerprint density at radius 2 is 1.77 bits per heavy atom. The quantitative estimate of drug-likeness (QED) is 0.114. The Hall–Kier alpha value is -4.71. The molecular formula is C44H53ClN4O8. The van der Waals surface area contributed by atoms with Crippen LogP contribution < -0.4 is 14.8 Å². The molecule has 3 saturated carbocycles. The summed E-state index contributed by atoms with van der Waals surface area (Å²) in [6.07, 6.45) is 3.72. The number of anilines is 1. The summed E-state index contributed by atoms with van der Waals surface area (Å²) in [6.45, 7) is 13.5. The smallest absolute Gasteiger partial charge is 0.310 e. The average molecular weight is 801 g/mol. The Morgan fingerprint density at radius 1 is 1.04 bits per heavy atom. The number of benzene rings is 1. The van der Waals surface area contributed by atoms with Crippen LogP contribution in [-0.2, 0) is 23.9 Å². The third-order valence-electron chi connectivity index (χ3n) is 12.3. The lowest BCUT2D eigenvalue weighted by molar-refractivity contribution is -0.157. The van der Waals surface area contributed by atoms with Crippen molar-refractivity contribution >= 4 is 52.0 Å². The number of amides is 1. The Kier molecular flexibility index (Phi) is 11.1. The molecule has 3 aliphatic carbocycles. The number of hydrogen-bond donors (Lipinski definition) is 2. The number of allylic oxidation sites excluding steroid dienone is 1. The number of ketones is 1. The zero-order chi connectivity index (χ0) is 41.0. The van der Waals surface area contributed by atoms with Crippen LogP contribution in [-0.4, -0.2) is 81.5 Å². The summed E-state index contributed by atoms with van der Waals surface area (Å²) < 4.78 is 18.2. The summed E-state index contributed by atoms with van der Waals surface area (Å²) in [5, 5.41) is 14.4. The number of aliphatic carboxylic acids is 1. The topological polar surface area (TPSA) is 157 Å². The Labute approximate surface area is 338 Å². The number of hydrogen-bond acceptors (Lipinski definition) is 10. The van der Waals surface area contributed by atoms with Gasteiger partial charge >= 0.3 is 11.9 Å². The minimum absolute atomic E-state index is 0.0306. The van der Waals surface area contributed by atoms with Gasteiger partial charge in [-0.25, -0.2) is 9.97 Å². The lowest BCUT2D eigenvalue weighted by atomic mass is 9.77. The van der Waals surface area contributed by atoms with Crippen molar-refractivity contribution in [2.75, 3.05) is 19.0 Å². The number of rotatable bonds is 15. The van der Waals surface area contributed by atoms with Crippen molar-refractivity contribution in [2.45, 2.75) is 104 Å². The number of carbonyl (C=O) groups excluding carboxylic acids is 3. The zero-order valence-electron chi connectivity index (χ0n) is 33.5. The summed E-state index contributed by atoms with van der Waals surface area (Å²) in [5.41, 5.74) is -0.455. The molecule has 2 N–H and O–H groups in total. The largest absolute Gasteiger partial charge is 0.495 e. The first-order chi connectivity index (χ1) is 27.0. The normalized spacial score (nSPS) is 26.8. The monoisotopic (exact) mass is 800 g/mol. The van der Waals surface area contributed by atoms with Crippen molar-refractivity contribution in [1.82, 2.24) is 14.9 Å². The van der Waals surface area contributed by atoms with E-state index in [2.05, 4.69) is 11.9 Å². The van der Waals surface area contributed by atoms with E-state index in [1.165, 1.54) is 18.4 Å². The lowest BCUT2D eigenvalue weighted by Crippen LogP contribution is -2.48. The first-order valence-electron chi connectivity index (χ1n) is 20.0. The van der Waals surface area contributed by atoms with Crippen LogP contribution in [0.2, 0.25) is 5.02 Å². The molecule has 1 aliphatic heterocycles. The van der Waals surface area contributed by atoms with Crippen molar-refractivity contribution in [1.29, 1.82) is 0 Å². The maximum atomic E-state index is 14.8. The fraction of sp³-hybridized carbons (Fsp3) is 0.545. The van der Waals surface area contributed by atoms with Crippen molar-refractivity contribution in [3.8, 4) is 22.9 Å². The molecule has 1 amide bonds. The summed E-state index contributed by atoms with van der Waals surface area (Å²) in [4.78, 5) is 66.1. The molecule has 8 atom stereocenters. The Balaban J connectivity index is 1.21. The predicted octanol–water partition coefficient (Wildman–Crippen LogP) is 7.76. The standard InChI is InChI=1S/C44H53ClN4O8/c1-8-26-20-44(26,42(53)54)21-34(50)33-17-28(22-49(33)41(52)30(43(4,5)6)18-38(51)57-27-15-24-14-25(24)16-27)56-36-19-32(31-10-9-11-37(47-31)46-23(2)3)48-40-29(36)12-13-35(55-7)39(40)45/h8-13,19,23-28,30,33H,1,14-18,20-22H2,2-7H3,(H,46,47)(H,53,54)/t24-,25+,26-,27?,28-,30-,33+,44-/m1/s1. The van der Waals surface area contributed by atoms with Crippen LogP contribution in [0.15, 0.2) is 49.1 Å². The highest BCUT2D eigenvalue weighted by Gasteiger charge is 2.61. The zero-order valence-corrected chi connectivity index (χ0v) is 34.3. The van der Waals surface area contributed by atoms with Crippen molar-refractivity contribution in [2.24, 2.45) is 34.5 Å². The van der Waals surface area contributed by atoms with E-state index in [9.17, 15) is 24.3 Å². The second kappa shape index (κ2) is 15.6. The van der Waals surface area contributed by atoms with Gasteiger partial charge in [-0.05, 0) is 87.0 Å². The molecule has 0 radical (unpaired) electrons. The van der Waals surface area contributed by atoms with Crippen LogP contribution in [0.25, 0.3) is 22.3 Å². The number of carboxylic acids is 1. The van der Waals surface area contributed by atoms with Gasteiger partial charge in [-0.15, -0.1) is 6.58 Å². The van der Waals surface area contributed by atoms with Gasteiger partial charge in [0.05, 0.1) is 54.4 Å². The Bertz CT molecular complexity index is 2090. The Morgan fingerprint density at radius 3 is 2.40 bits per heavy atom. The van der Waals surface area contributed by atoms with Gasteiger partial charge in [0.15, 0.2) is 5.78 Å². The second-order valence-corrected chi connectivity index (χ2v) is 18.2. The van der Waals surface area contributed by atoms with Gasteiger partial charge in [0.1, 0.15) is 34.5 Å². The number of pyridine rings is 2. The number of methoxy groups -OCH3 is 1. The molecule has 1 saturated heterocycles. The molecule has 4 fully saturated rings. The van der Waals surface area contributed by atoms with E-state index in [0.29, 0.717) is 57.9 Å². The van der Waals surface area contributed by atoms with E-state index in [4.69, 9.17) is 35.8 Å². The number of carbonyl (C=O) groups is 4. The predicted molar refractivity (Wildman–Crippen MR) is 216 cm³/mol. The molecule has 2 aromatic heterocycles. The molecule has 7 rings (SSSR count). The third kappa shape index (κ3) is 8.33. The first-order valence-corrected chi connectivity index (χ1v) is 20.4. The maximum Gasteiger partial charge on any atom is 0.310 e. The lowest BCUT2D eigenvalue weighted by Gasteiger charge is -2.35. The van der Waals surface area contributed by atoms with Gasteiger partial charge in [0, 0.05) is 30.3 Å². The molecule has 12 nitrogen and oxygen atoms in total. The number of fused-ring (bicyclic) bond motifs is 2. The number of carboxylic acid groups (broad SMARTS) is 1. The molecule has 3 heterocycles. The first kappa shape index (κ1) is 40.5. The third-order valence-corrected chi connectivity index (χ3v) is 12.6. The number of esters is 1. The number of Topliss-reactive ketones (excluding diaryl/α,β-unsaturated/α-hetero) is 1. The molecule has 1 aromatic carbocycles.